The zero-order valence-electron chi connectivity index (χ0n) is 14.5. The predicted octanol–water partition coefficient (Wildman–Crippen LogP) is 2.24. The van der Waals surface area contributed by atoms with Crippen LogP contribution in [0.5, 0.6) is 11.5 Å². The minimum absolute atomic E-state index is 0.108. The third-order valence-corrected chi connectivity index (χ3v) is 4.63. The minimum Gasteiger partial charge on any atom is -0.493 e. The van der Waals surface area contributed by atoms with Gasteiger partial charge in [0.2, 0.25) is 0 Å². The van der Waals surface area contributed by atoms with E-state index in [-0.39, 0.29) is 5.91 Å². The van der Waals surface area contributed by atoms with E-state index in [2.05, 4.69) is 4.98 Å². The third kappa shape index (κ3) is 4.04. The van der Waals surface area contributed by atoms with Crippen LogP contribution in [0, 0.1) is 6.92 Å². The van der Waals surface area contributed by atoms with Crippen molar-refractivity contribution in [3.63, 3.8) is 0 Å². The minimum atomic E-state index is -0.108. The van der Waals surface area contributed by atoms with Gasteiger partial charge in [-0.25, -0.2) is 4.98 Å². The van der Waals surface area contributed by atoms with Gasteiger partial charge in [0.25, 0.3) is 5.91 Å². The molecule has 0 atom stereocenters. The fourth-order valence-electron chi connectivity index (χ4n) is 2.36. The number of carbonyl (C=O) groups excluding carboxylic acids is 1. The monoisotopic (exact) mass is 349 g/mol. The molecule has 0 aliphatic carbocycles. The number of benzene rings is 1. The highest BCUT2D eigenvalue weighted by molar-refractivity contribution is 7.09. The normalized spacial score (nSPS) is 10.5. The zero-order valence-corrected chi connectivity index (χ0v) is 15.3. The number of thiazole rings is 1. The van der Waals surface area contributed by atoms with Gasteiger partial charge in [-0.05, 0) is 36.7 Å². The average Bonchev–Trinajstić information content (AvgIpc) is 3.04. The molecule has 1 aromatic carbocycles. The van der Waals surface area contributed by atoms with Crippen molar-refractivity contribution in [2.75, 3.05) is 27.8 Å². The molecule has 0 aliphatic rings. The number of nitrogens with two attached hydrogens (primary N) is 1. The maximum absolute atomic E-state index is 12.5. The highest BCUT2D eigenvalue weighted by Crippen LogP contribution is 2.30. The second-order valence-electron chi connectivity index (χ2n) is 5.46. The van der Waals surface area contributed by atoms with Crippen molar-refractivity contribution in [2.45, 2.75) is 19.9 Å². The molecule has 0 radical (unpaired) electrons. The van der Waals surface area contributed by atoms with E-state index in [4.69, 9.17) is 15.2 Å². The summed E-state index contributed by atoms with van der Waals surface area (Å²) in [6.07, 6.45) is 0.691. The highest BCUT2D eigenvalue weighted by atomic mass is 32.1. The Kier molecular flexibility index (Phi) is 6.16. The predicted molar refractivity (Wildman–Crippen MR) is 95.0 cm³/mol. The Balaban J connectivity index is 2.16. The summed E-state index contributed by atoms with van der Waals surface area (Å²) in [5, 5.41) is 2.67. The van der Waals surface area contributed by atoms with Crippen molar-refractivity contribution in [1.82, 2.24) is 9.88 Å². The lowest BCUT2D eigenvalue weighted by molar-refractivity contribution is 0.0779. The molecule has 0 saturated heterocycles. The van der Waals surface area contributed by atoms with Crippen LogP contribution in [0.3, 0.4) is 0 Å². The van der Waals surface area contributed by atoms with E-state index < -0.39 is 0 Å². The summed E-state index contributed by atoms with van der Waals surface area (Å²) in [4.78, 5) is 18.5. The Morgan fingerprint density at radius 2 is 1.96 bits per heavy atom. The fraction of sp³-hybridized carbons (Fsp3) is 0.412. The van der Waals surface area contributed by atoms with E-state index in [9.17, 15) is 4.79 Å². The molecule has 1 heterocycles. The smallest absolute Gasteiger partial charge is 0.273 e. The van der Waals surface area contributed by atoms with Crippen LogP contribution in [0.15, 0.2) is 17.5 Å². The second-order valence-corrected chi connectivity index (χ2v) is 6.40. The van der Waals surface area contributed by atoms with Crippen molar-refractivity contribution in [2.24, 2.45) is 5.73 Å². The molecular weight excluding hydrogens is 326 g/mol. The Morgan fingerprint density at radius 1 is 1.29 bits per heavy atom. The summed E-state index contributed by atoms with van der Waals surface area (Å²) in [5.41, 5.74) is 8.02. The largest absolute Gasteiger partial charge is 0.493 e. The lowest BCUT2D eigenvalue weighted by Crippen LogP contribution is -2.27. The van der Waals surface area contributed by atoms with E-state index in [0.29, 0.717) is 36.7 Å². The molecule has 2 aromatic rings. The van der Waals surface area contributed by atoms with Crippen LogP contribution in [0.2, 0.25) is 0 Å². The first-order chi connectivity index (χ1) is 11.5. The van der Waals surface area contributed by atoms with Gasteiger partial charge in [-0.1, -0.05) is 0 Å². The number of ether oxygens (including phenoxy) is 2. The lowest BCUT2D eigenvalue weighted by atomic mass is 10.1. The number of methoxy groups -OCH3 is 2. The summed E-state index contributed by atoms with van der Waals surface area (Å²) in [6, 6.07) is 3.81. The molecule has 2 N–H and O–H groups in total. The van der Waals surface area contributed by atoms with Crippen LogP contribution < -0.4 is 15.2 Å². The van der Waals surface area contributed by atoms with Crippen LogP contribution in [0.4, 0.5) is 0 Å². The standard InChI is InChI=1S/C17H23N3O3S/c1-11-7-14(22-3)15(23-4)8-12(11)9-20(2)17(21)13-10-24-16(19-13)5-6-18/h7-8,10H,5-6,9,18H2,1-4H3. The zero-order chi connectivity index (χ0) is 17.7. The van der Waals surface area contributed by atoms with Crippen molar-refractivity contribution in [3.05, 3.63) is 39.3 Å². The van der Waals surface area contributed by atoms with E-state index in [0.717, 1.165) is 16.1 Å². The van der Waals surface area contributed by atoms with E-state index in [1.807, 2.05) is 19.1 Å². The number of nitrogens with zero attached hydrogens (tertiary/aromatic N) is 2. The molecule has 1 amide bonds. The van der Waals surface area contributed by atoms with E-state index in [1.54, 1.807) is 31.5 Å². The molecular formula is C17H23N3O3S. The summed E-state index contributed by atoms with van der Waals surface area (Å²) >= 11 is 1.47. The quantitative estimate of drug-likeness (QED) is 0.829. The van der Waals surface area contributed by atoms with Crippen LogP contribution in [0.25, 0.3) is 0 Å². The first-order valence-electron chi connectivity index (χ1n) is 7.61. The second kappa shape index (κ2) is 8.12. The number of hydrogen-bond donors (Lipinski definition) is 1. The van der Waals surface area contributed by atoms with Crippen LogP contribution in [-0.2, 0) is 13.0 Å². The van der Waals surface area contributed by atoms with Gasteiger partial charge in [-0.2, -0.15) is 0 Å². The Labute approximate surface area is 146 Å². The molecule has 0 spiro atoms. The molecule has 130 valence electrons. The van der Waals surface area contributed by atoms with Gasteiger partial charge in [0.15, 0.2) is 11.5 Å². The van der Waals surface area contributed by atoms with Crippen molar-refractivity contribution < 1.29 is 14.3 Å². The van der Waals surface area contributed by atoms with Gasteiger partial charge in [-0.3, -0.25) is 4.79 Å². The summed E-state index contributed by atoms with van der Waals surface area (Å²) in [5.74, 6) is 1.22. The molecule has 0 aliphatic heterocycles. The van der Waals surface area contributed by atoms with Crippen LogP contribution >= 0.6 is 11.3 Å². The first kappa shape index (κ1) is 18.2. The average molecular weight is 349 g/mol. The molecule has 0 fully saturated rings. The number of aromatic nitrogens is 1. The number of amides is 1. The summed E-state index contributed by atoms with van der Waals surface area (Å²) in [7, 11) is 4.97. The Bertz CT molecular complexity index is 715. The van der Waals surface area contributed by atoms with Gasteiger partial charge in [0.05, 0.1) is 19.2 Å². The van der Waals surface area contributed by atoms with Gasteiger partial charge in [-0.15, -0.1) is 11.3 Å². The van der Waals surface area contributed by atoms with Crippen LogP contribution in [-0.4, -0.2) is 43.6 Å². The van der Waals surface area contributed by atoms with Gasteiger partial charge < -0.3 is 20.1 Å². The number of aryl methyl sites for hydroxylation is 1. The number of hydrogen-bond acceptors (Lipinski definition) is 6. The Morgan fingerprint density at radius 3 is 2.58 bits per heavy atom. The topological polar surface area (TPSA) is 77.7 Å². The van der Waals surface area contributed by atoms with E-state index in [1.165, 1.54) is 11.3 Å². The Hall–Kier alpha value is -2.12. The molecule has 7 heteroatoms. The van der Waals surface area contributed by atoms with Gasteiger partial charge in [0.1, 0.15) is 5.69 Å². The van der Waals surface area contributed by atoms with Crippen molar-refractivity contribution in [3.8, 4) is 11.5 Å². The lowest BCUT2D eigenvalue weighted by Gasteiger charge is -2.19. The third-order valence-electron chi connectivity index (χ3n) is 3.73. The highest BCUT2D eigenvalue weighted by Gasteiger charge is 2.17. The molecule has 1 aromatic heterocycles. The maximum atomic E-state index is 12.5. The van der Waals surface area contributed by atoms with Gasteiger partial charge in [0, 0.05) is 25.4 Å². The van der Waals surface area contributed by atoms with Crippen molar-refractivity contribution >= 4 is 17.2 Å². The summed E-state index contributed by atoms with van der Waals surface area (Å²) < 4.78 is 10.6. The maximum Gasteiger partial charge on any atom is 0.273 e. The molecule has 6 nitrogen and oxygen atoms in total. The molecule has 0 unspecified atom stereocenters. The molecule has 0 bridgehead atoms. The summed E-state index contributed by atoms with van der Waals surface area (Å²) in [6.45, 7) is 2.98. The van der Waals surface area contributed by atoms with Gasteiger partial charge >= 0.3 is 0 Å². The van der Waals surface area contributed by atoms with Crippen molar-refractivity contribution in [1.29, 1.82) is 0 Å². The number of rotatable bonds is 7. The molecule has 24 heavy (non-hydrogen) atoms. The molecule has 2 rings (SSSR count). The first-order valence-corrected chi connectivity index (χ1v) is 8.49. The number of carbonyl (C=O) groups is 1. The fourth-order valence-corrected chi connectivity index (χ4v) is 3.15. The van der Waals surface area contributed by atoms with Crippen LogP contribution in [0.1, 0.15) is 26.6 Å². The molecule has 0 saturated carbocycles. The SMILES string of the molecule is COc1cc(C)c(CN(C)C(=O)c2csc(CCN)n2)cc1OC. The van der Waals surface area contributed by atoms with E-state index >= 15 is 0 Å².